The summed E-state index contributed by atoms with van der Waals surface area (Å²) in [6.07, 6.45) is 0.989. The Labute approximate surface area is 116 Å². The molecule has 0 amide bonds. The van der Waals surface area contributed by atoms with E-state index in [4.69, 9.17) is 15.2 Å². The van der Waals surface area contributed by atoms with Crippen molar-refractivity contribution in [3.8, 4) is 23.3 Å². The van der Waals surface area contributed by atoms with Crippen LogP contribution < -0.4 is 15.2 Å². The zero-order chi connectivity index (χ0) is 14.3. The van der Waals surface area contributed by atoms with Crippen LogP contribution in [0.5, 0.6) is 11.5 Å². The molecule has 3 heteroatoms. The minimum Gasteiger partial charge on any atom is -0.497 e. The third-order valence-electron chi connectivity index (χ3n) is 2.62. The third-order valence-corrected chi connectivity index (χ3v) is 2.62. The maximum atomic E-state index is 5.81. The van der Waals surface area contributed by atoms with Gasteiger partial charge in [0.1, 0.15) is 11.5 Å². The van der Waals surface area contributed by atoms with Crippen molar-refractivity contribution in [1.82, 2.24) is 0 Å². The zero-order valence-corrected chi connectivity index (χ0v) is 12.2. The van der Waals surface area contributed by atoms with Crippen molar-refractivity contribution in [1.29, 1.82) is 0 Å². The van der Waals surface area contributed by atoms with E-state index in [1.807, 2.05) is 18.2 Å². The van der Waals surface area contributed by atoms with E-state index in [0.717, 1.165) is 23.5 Å². The minimum atomic E-state index is 0.259. The van der Waals surface area contributed by atoms with Crippen LogP contribution in [0.2, 0.25) is 0 Å². The predicted octanol–water partition coefficient (Wildman–Crippen LogP) is 2.82. The minimum absolute atomic E-state index is 0.259. The molecule has 0 aliphatic rings. The lowest BCUT2D eigenvalue weighted by atomic mass is 9.93. The lowest BCUT2D eigenvalue weighted by Gasteiger charge is -2.18. The van der Waals surface area contributed by atoms with Gasteiger partial charge < -0.3 is 15.2 Å². The molecule has 1 aromatic carbocycles. The van der Waals surface area contributed by atoms with Gasteiger partial charge in [-0.05, 0) is 30.0 Å². The van der Waals surface area contributed by atoms with E-state index < -0.39 is 0 Å². The fraction of sp³-hybridized carbons (Fsp3) is 0.500. The highest BCUT2D eigenvalue weighted by atomic mass is 16.5. The Kier molecular flexibility index (Phi) is 5.72. The molecule has 0 aliphatic heterocycles. The second kappa shape index (κ2) is 7.06. The van der Waals surface area contributed by atoms with Gasteiger partial charge in [0, 0.05) is 0 Å². The molecule has 19 heavy (non-hydrogen) atoms. The summed E-state index contributed by atoms with van der Waals surface area (Å²) in [7, 11) is 1.63. The summed E-state index contributed by atoms with van der Waals surface area (Å²) in [5.41, 5.74) is 6.49. The summed E-state index contributed by atoms with van der Waals surface area (Å²) < 4.78 is 11.0. The molecule has 2 N–H and O–H groups in total. The number of hydrogen-bond donors (Lipinski definition) is 1. The molecular weight excluding hydrogens is 238 g/mol. The highest BCUT2D eigenvalue weighted by Gasteiger charge is 2.11. The molecule has 1 aromatic rings. The second-order valence-corrected chi connectivity index (χ2v) is 5.53. The predicted molar refractivity (Wildman–Crippen MR) is 78.5 cm³/mol. The molecule has 0 aliphatic carbocycles. The van der Waals surface area contributed by atoms with Gasteiger partial charge in [0.15, 0.2) is 0 Å². The molecule has 0 atom stereocenters. The van der Waals surface area contributed by atoms with Gasteiger partial charge in [0.2, 0.25) is 0 Å². The molecule has 1 rings (SSSR count). The molecule has 0 saturated heterocycles. The maximum Gasteiger partial charge on any atom is 0.135 e. The molecule has 3 nitrogen and oxygen atoms in total. The summed E-state index contributed by atoms with van der Waals surface area (Å²) in [5, 5.41) is 0. The summed E-state index contributed by atoms with van der Waals surface area (Å²) in [5.74, 6) is 7.41. The topological polar surface area (TPSA) is 44.5 Å². The van der Waals surface area contributed by atoms with Crippen LogP contribution in [-0.2, 0) is 0 Å². The van der Waals surface area contributed by atoms with Gasteiger partial charge >= 0.3 is 0 Å². The largest absolute Gasteiger partial charge is 0.497 e. The maximum absolute atomic E-state index is 5.81. The Bertz CT molecular complexity index is 464. The molecule has 0 bridgehead atoms. The Morgan fingerprint density at radius 3 is 2.58 bits per heavy atom. The fourth-order valence-electron chi connectivity index (χ4n) is 1.47. The second-order valence-electron chi connectivity index (χ2n) is 5.53. The Morgan fingerprint density at radius 2 is 2.00 bits per heavy atom. The summed E-state index contributed by atoms with van der Waals surface area (Å²) in [4.78, 5) is 0. The Balaban J connectivity index is 2.81. The molecule has 104 valence electrons. The monoisotopic (exact) mass is 261 g/mol. The lowest BCUT2D eigenvalue weighted by Crippen LogP contribution is -2.11. The highest BCUT2D eigenvalue weighted by molar-refractivity contribution is 5.50. The van der Waals surface area contributed by atoms with Gasteiger partial charge in [-0.3, -0.25) is 0 Å². The van der Waals surface area contributed by atoms with E-state index in [0.29, 0.717) is 13.2 Å². The van der Waals surface area contributed by atoms with Crippen molar-refractivity contribution >= 4 is 0 Å². The summed E-state index contributed by atoms with van der Waals surface area (Å²) in [6, 6.07) is 5.64. The van der Waals surface area contributed by atoms with E-state index in [1.54, 1.807) is 7.11 Å². The van der Waals surface area contributed by atoms with E-state index in [1.165, 1.54) is 0 Å². The van der Waals surface area contributed by atoms with Gasteiger partial charge in [-0.25, -0.2) is 0 Å². The average molecular weight is 261 g/mol. The first kappa shape index (κ1) is 15.4. The van der Waals surface area contributed by atoms with Gasteiger partial charge in [-0.1, -0.05) is 32.6 Å². The fourth-order valence-corrected chi connectivity index (χ4v) is 1.47. The van der Waals surface area contributed by atoms with Gasteiger partial charge in [0.05, 0.1) is 25.8 Å². The van der Waals surface area contributed by atoms with Gasteiger partial charge in [0.25, 0.3) is 0 Å². The van der Waals surface area contributed by atoms with E-state index in [9.17, 15) is 0 Å². The molecule has 0 radical (unpaired) electrons. The molecular formula is C16H23NO2. The molecule has 0 fully saturated rings. The number of hydrogen-bond acceptors (Lipinski definition) is 3. The molecule has 0 saturated carbocycles. The van der Waals surface area contributed by atoms with Gasteiger partial charge in [-0.15, -0.1) is 0 Å². The number of nitrogens with two attached hydrogens (primary N) is 1. The quantitative estimate of drug-likeness (QED) is 0.848. The average Bonchev–Trinajstić information content (AvgIpc) is 2.35. The van der Waals surface area contributed by atoms with Crippen molar-refractivity contribution < 1.29 is 9.47 Å². The smallest absolute Gasteiger partial charge is 0.135 e. The van der Waals surface area contributed by atoms with Crippen molar-refractivity contribution in [2.24, 2.45) is 11.1 Å². The third kappa shape index (κ3) is 5.67. The first-order valence-electron chi connectivity index (χ1n) is 6.46. The SMILES string of the molecule is COc1ccc(OCCC(C)(C)C)c(C#CCN)c1. The van der Waals surface area contributed by atoms with E-state index in [-0.39, 0.29) is 5.41 Å². The first-order valence-corrected chi connectivity index (χ1v) is 6.46. The number of benzene rings is 1. The van der Waals surface area contributed by atoms with Crippen LogP contribution in [0.4, 0.5) is 0 Å². The van der Waals surface area contributed by atoms with E-state index in [2.05, 4.69) is 32.6 Å². The summed E-state index contributed by atoms with van der Waals surface area (Å²) in [6.45, 7) is 7.59. The summed E-state index contributed by atoms with van der Waals surface area (Å²) >= 11 is 0. The van der Waals surface area contributed by atoms with Crippen LogP contribution in [0.25, 0.3) is 0 Å². The van der Waals surface area contributed by atoms with Crippen LogP contribution in [0.15, 0.2) is 18.2 Å². The van der Waals surface area contributed by atoms with Crippen LogP contribution in [0, 0.1) is 17.3 Å². The number of ether oxygens (including phenoxy) is 2. The van der Waals surface area contributed by atoms with Crippen LogP contribution in [0.1, 0.15) is 32.8 Å². The van der Waals surface area contributed by atoms with Crippen LogP contribution in [-0.4, -0.2) is 20.3 Å². The molecule has 0 unspecified atom stereocenters. The molecule has 0 aromatic heterocycles. The normalized spacial score (nSPS) is 10.6. The van der Waals surface area contributed by atoms with Crippen molar-refractivity contribution in [3.05, 3.63) is 23.8 Å². The van der Waals surface area contributed by atoms with Crippen LogP contribution in [0.3, 0.4) is 0 Å². The number of methoxy groups -OCH3 is 1. The molecule has 0 spiro atoms. The van der Waals surface area contributed by atoms with Crippen molar-refractivity contribution in [2.45, 2.75) is 27.2 Å². The lowest BCUT2D eigenvalue weighted by molar-refractivity contribution is 0.242. The van der Waals surface area contributed by atoms with Gasteiger partial charge in [-0.2, -0.15) is 0 Å². The Morgan fingerprint density at radius 1 is 1.26 bits per heavy atom. The van der Waals surface area contributed by atoms with Crippen molar-refractivity contribution in [3.63, 3.8) is 0 Å². The number of rotatable bonds is 4. The Hall–Kier alpha value is -1.66. The first-order chi connectivity index (χ1) is 8.96. The van der Waals surface area contributed by atoms with Crippen LogP contribution >= 0.6 is 0 Å². The molecule has 0 heterocycles. The van der Waals surface area contributed by atoms with E-state index >= 15 is 0 Å². The zero-order valence-electron chi connectivity index (χ0n) is 12.2. The standard InChI is InChI=1S/C16H23NO2/c1-16(2,3)9-11-19-15-8-7-14(18-4)12-13(15)6-5-10-17/h7-8,12H,9-11,17H2,1-4H3. The van der Waals surface area contributed by atoms with Crippen molar-refractivity contribution in [2.75, 3.05) is 20.3 Å². The highest BCUT2D eigenvalue weighted by Crippen LogP contribution is 2.25.